The molecular formula is C31H30N2O3. The van der Waals surface area contributed by atoms with Crippen LogP contribution in [0.15, 0.2) is 78.9 Å². The molecule has 1 aromatic heterocycles. The second-order valence-corrected chi connectivity index (χ2v) is 9.49. The first kappa shape index (κ1) is 23.7. The van der Waals surface area contributed by atoms with Crippen molar-refractivity contribution in [3.8, 4) is 11.3 Å². The van der Waals surface area contributed by atoms with Crippen molar-refractivity contribution in [2.75, 3.05) is 0 Å². The smallest absolute Gasteiger partial charge is 0.303 e. The lowest BCUT2D eigenvalue weighted by Crippen LogP contribution is -2.30. The van der Waals surface area contributed by atoms with Crippen LogP contribution in [-0.4, -0.2) is 22.0 Å². The topological polar surface area (TPSA) is 79.3 Å². The van der Waals surface area contributed by atoms with Gasteiger partial charge in [-0.05, 0) is 79.5 Å². The van der Waals surface area contributed by atoms with Crippen molar-refractivity contribution in [2.24, 2.45) is 0 Å². The molecule has 1 aliphatic rings. The number of aromatic nitrogens is 1. The van der Waals surface area contributed by atoms with E-state index in [4.69, 9.17) is 10.1 Å². The predicted molar refractivity (Wildman–Crippen MR) is 142 cm³/mol. The molecule has 0 aliphatic heterocycles. The van der Waals surface area contributed by atoms with Crippen molar-refractivity contribution in [1.29, 1.82) is 0 Å². The quantitative estimate of drug-likeness (QED) is 0.283. The van der Waals surface area contributed by atoms with Crippen molar-refractivity contribution in [3.63, 3.8) is 0 Å². The normalized spacial score (nSPS) is 14.8. The third-order valence-corrected chi connectivity index (χ3v) is 6.96. The average Bonchev–Trinajstić information content (AvgIpc) is 2.91. The van der Waals surface area contributed by atoms with Crippen LogP contribution in [0.4, 0.5) is 0 Å². The number of aliphatic carboxylic acids is 1. The first-order valence-electron chi connectivity index (χ1n) is 12.7. The van der Waals surface area contributed by atoms with Crippen molar-refractivity contribution >= 4 is 22.8 Å². The third-order valence-electron chi connectivity index (χ3n) is 6.96. The number of carbonyl (C=O) groups excluding carboxylic acids is 1. The van der Waals surface area contributed by atoms with Gasteiger partial charge in [-0.2, -0.15) is 0 Å². The lowest BCUT2D eigenvalue weighted by molar-refractivity contribution is -0.137. The number of hydrogen-bond acceptors (Lipinski definition) is 3. The number of nitrogens with one attached hydrogen (secondary N) is 1. The van der Waals surface area contributed by atoms with Gasteiger partial charge in [-0.1, -0.05) is 54.6 Å². The number of carboxylic acids is 1. The molecule has 0 bridgehead atoms. The fraction of sp³-hybridized carbons (Fsp3) is 0.258. The summed E-state index contributed by atoms with van der Waals surface area (Å²) < 4.78 is 0. The van der Waals surface area contributed by atoms with E-state index in [9.17, 15) is 9.59 Å². The lowest BCUT2D eigenvalue weighted by atomic mass is 9.87. The fourth-order valence-electron chi connectivity index (χ4n) is 5.14. The van der Waals surface area contributed by atoms with Crippen LogP contribution in [0.3, 0.4) is 0 Å². The minimum Gasteiger partial charge on any atom is -0.481 e. The fourth-order valence-corrected chi connectivity index (χ4v) is 5.14. The molecule has 0 fully saturated rings. The van der Waals surface area contributed by atoms with E-state index in [0.29, 0.717) is 12.0 Å². The van der Waals surface area contributed by atoms with Gasteiger partial charge >= 0.3 is 5.97 Å². The summed E-state index contributed by atoms with van der Waals surface area (Å²) in [5.74, 6) is -0.847. The predicted octanol–water partition coefficient (Wildman–Crippen LogP) is 6.51. The summed E-state index contributed by atoms with van der Waals surface area (Å²) in [7, 11) is 0. The summed E-state index contributed by atoms with van der Waals surface area (Å²) in [5.41, 5.74) is 7.01. The first-order chi connectivity index (χ1) is 17.6. The summed E-state index contributed by atoms with van der Waals surface area (Å²) in [5, 5.41) is 13.2. The van der Waals surface area contributed by atoms with Gasteiger partial charge in [-0.25, -0.2) is 4.98 Å². The van der Waals surface area contributed by atoms with Crippen LogP contribution in [0.2, 0.25) is 0 Å². The molecule has 0 radical (unpaired) electrons. The first-order valence-corrected chi connectivity index (χ1v) is 12.7. The number of pyridine rings is 1. The Labute approximate surface area is 211 Å². The van der Waals surface area contributed by atoms with Gasteiger partial charge in [0.2, 0.25) is 0 Å². The minimum atomic E-state index is -0.772. The molecule has 1 aliphatic carbocycles. The molecule has 1 heterocycles. The highest BCUT2D eigenvalue weighted by molar-refractivity contribution is 5.98. The molecule has 2 N–H and O–H groups in total. The zero-order chi connectivity index (χ0) is 24.9. The number of aryl methyl sites for hydroxylation is 2. The second kappa shape index (κ2) is 10.7. The Balaban J connectivity index is 1.42. The molecule has 0 spiro atoms. The molecule has 5 nitrogen and oxygen atoms in total. The number of unbranched alkanes of at least 4 members (excludes halogenated alkanes) is 1. The zero-order valence-electron chi connectivity index (χ0n) is 20.2. The summed E-state index contributed by atoms with van der Waals surface area (Å²) in [4.78, 5) is 29.1. The van der Waals surface area contributed by atoms with Gasteiger partial charge < -0.3 is 10.4 Å². The van der Waals surface area contributed by atoms with E-state index >= 15 is 0 Å². The second-order valence-electron chi connectivity index (χ2n) is 9.49. The molecular weight excluding hydrogens is 448 g/mol. The number of hydrogen-bond donors (Lipinski definition) is 2. The van der Waals surface area contributed by atoms with E-state index in [2.05, 4.69) is 29.6 Å². The maximum absolute atomic E-state index is 13.2. The number of nitrogens with zero attached hydrogens (tertiary/aromatic N) is 1. The Kier molecular flexibility index (Phi) is 7.08. The molecule has 0 saturated carbocycles. The standard InChI is InChI=1S/C31H30N2O3/c34-29(35)16-7-5-12-23-19-25-20-24(17-18-27(25)32-30(23)22-10-2-1-3-11-22)31(36)33-28-15-8-13-21-9-4-6-14-26(21)28/h1-4,6,9-11,14,17-20,28H,5,7-8,12-13,15-16H2,(H,33,36)(H,34,35)/t28-/m1/s1. The Morgan fingerprint density at radius 3 is 2.58 bits per heavy atom. The number of amides is 1. The summed E-state index contributed by atoms with van der Waals surface area (Å²) in [6.07, 6.45) is 5.35. The van der Waals surface area contributed by atoms with Crippen LogP contribution in [-0.2, 0) is 17.6 Å². The molecule has 36 heavy (non-hydrogen) atoms. The van der Waals surface area contributed by atoms with Gasteiger partial charge in [-0.3, -0.25) is 9.59 Å². The van der Waals surface area contributed by atoms with Crippen LogP contribution < -0.4 is 5.32 Å². The third kappa shape index (κ3) is 5.30. The van der Waals surface area contributed by atoms with E-state index < -0.39 is 5.97 Å². The largest absolute Gasteiger partial charge is 0.481 e. The highest BCUT2D eigenvalue weighted by Crippen LogP contribution is 2.31. The number of rotatable bonds is 8. The van der Waals surface area contributed by atoms with Crippen LogP contribution in [0.25, 0.3) is 22.2 Å². The number of benzene rings is 3. The maximum atomic E-state index is 13.2. The zero-order valence-corrected chi connectivity index (χ0v) is 20.2. The van der Waals surface area contributed by atoms with Crippen LogP contribution in [0.5, 0.6) is 0 Å². The van der Waals surface area contributed by atoms with Crippen LogP contribution >= 0.6 is 0 Å². The minimum absolute atomic E-state index is 0.0292. The van der Waals surface area contributed by atoms with Gasteiger partial charge in [0.25, 0.3) is 5.91 Å². The van der Waals surface area contributed by atoms with Gasteiger partial charge in [-0.15, -0.1) is 0 Å². The van der Waals surface area contributed by atoms with E-state index in [0.717, 1.165) is 59.8 Å². The Hall–Kier alpha value is -3.99. The highest BCUT2D eigenvalue weighted by atomic mass is 16.4. The molecule has 1 atom stereocenters. The van der Waals surface area contributed by atoms with Crippen molar-refractivity contribution < 1.29 is 14.7 Å². The van der Waals surface area contributed by atoms with Crippen molar-refractivity contribution in [1.82, 2.24) is 10.3 Å². The number of carboxylic acid groups (broad SMARTS) is 1. The van der Waals surface area contributed by atoms with Crippen LogP contribution in [0.1, 0.15) is 65.2 Å². The van der Waals surface area contributed by atoms with Crippen molar-refractivity contribution in [3.05, 3.63) is 101 Å². The molecule has 0 saturated heterocycles. The Morgan fingerprint density at radius 2 is 1.75 bits per heavy atom. The SMILES string of the molecule is O=C(O)CCCCc1cc2cc(C(=O)N[C@@H]3CCCc4ccccc43)ccc2nc1-c1ccccc1. The highest BCUT2D eigenvalue weighted by Gasteiger charge is 2.22. The van der Waals surface area contributed by atoms with E-state index in [1.165, 1.54) is 11.1 Å². The molecule has 4 aromatic rings. The summed E-state index contributed by atoms with van der Waals surface area (Å²) in [6.45, 7) is 0. The number of fused-ring (bicyclic) bond motifs is 2. The lowest BCUT2D eigenvalue weighted by Gasteiger charge is -2.26. The monoisotopic (exact) mass is 478 g/mol. The van der Waals surface area contributed by atoms with Gasteiger partial charge in [0.1, 0.15) is 0 Å². The number of carbonyl (C=O) groups is 2. The summed E-state index contributed by atoms with van der Waals surface area (Å²) in [6, 6.07) is 26.2. The van der Waals surface area contributed by atoms with E-state index in [1.807, 2.05) is 54.6 Å². The molecule has 5 rings (SSSR count). The summed E-state index contributed by atoms with van der Waals surface area (Å²) >= 11 is 0. The maximum Gasteiger partial charge on any atom is 0.303 e. The Bertz CT molecular complexity index is 1400. The average molecular weight is 479 g/mol. The van der Waals surface area contributed by atoms with Gasteiger partial charge in [0, 0.05) is 22.9 Å². The van der Waals surface area contributed by atoms with Gasteiger partial charge in [0.05, 0.1) is 17.3 Å². The molecule has 3 aromatic carbocycles. The van der Waals surface area contributed by atoms with E-state index in [1.54, 1.807) is 0 Å². The van der Waals surface area contributed by atoms with Gasteiger partial charge in [0.15, 0.2) is 0 Å². The van der Waals surface area contributed by atoms with E-state index in [-0.39, 0.29) is 18.4 Å². The Morgan fingerprint density at radius 1 is 0.944 bits per heavy atom. The van der Waals surface area contributed by atoms with Crippen LogP contribution in [0, 0.1) is 0 Å². The molecule has 5 heteroatoms. The molecule has 1 amide bonds. The molecule has 182 valence electrons. The molecule has 0 unspecified atom stereocenters. The van der Waals surface area contributed by atoms with Crippen molar-refractivity contribution in [2.45, 2.75) is 51.0 Å².